The van der Waals surface area contributed by atoms with Gasteiger partial charge in [0.25, 0.3) is 11.7 Å². The number of benzene rings is 1. The second-order valence-electron chi connectivity index (χ2n) is 7.00. The second kappa shape index (κ2) is 7.50. The zero-order chi connectivity index (χ0) is 20.6. The van der Waals surface area contributed by atoms with E-state index in [1.807, 2.05) is 26.0 Å². The molecule has 1 N–H and O–H groups in total. The van der Waals surface area contributed by atoms with Gasteiger partial charge in [-0.2, -0.15) is 5.10 Å². The minimum atomic E-state index is -0.695. The topological polar surface area (TPSA) is 84.7 Å². The Hall–Kier alpha value is -3.09. The maximum Gasteiger partial charge on any atom is 0.295 e. The van der Waals surface area contributed by atoms with Crippen molar-refractivity contribution in [2.75, 3.05) is 13.7 Å². The molecule has 2 aromatic rings. The van der Waals surface area contributed by atoms with Crippen LogP contribution in [0.15, 0.2) is 29.8 Å². The van der Waals surface area contributed by atoms with Crippen molar-refractivity contribution in [1.82, 2.24) is 14.7 Å². The van der Waals surface area contributed by atoms with E-state index in [0.29, 0.717) is 17.9 Å². The molecule has 148 valence electrons. The third kappa shape index (κ3) is 3.17. The number of ketones is 1. The Bertz CT molecular complexity index is 957. The molecule has 0 saturated carbocycles. The number of likely N-dealkylation sites (N-methyl/N-ethyl adjacent to an activating group) is 1. The number of rotatable bonds is 5. The van der Waals surface area contributed by atoms with E-state index >= 15 is 0 Å². The SMILES string of the molecule is CCCOc1ccc(C2/C(=C(\O)c3c(C)nn(C)c3C)C(=O)C(=O)N2C)cc1. The molecular weight excluding hydrogens is 358 g/mol. The highest BCUT2D eigenvalue weighted by Crippen LogP contribution is 2.39. The van der Waals surface area contributed by atoms with Crippen LogP contribution in [0, 0.1) is 13.8 Å². The predicted molar refractivity (Wildman–Crippen MR) is 105 cm³/mol. The van der Waals surface area contributed by atoms with E-state index in [1.165, 1.54) is 4.90 Å². The fraction of sp³-hybridized carbons (Fsp3) is 0.381. The normalized spacial score (nSPS) is 18.8. The van der Waals surface area contributed by atoms with E-state index in [-0.39, 0.29) is 11.3 Å². The number of aromatic nitrogens is 2. The number of aliphatic hydroxyl groups excluding tert-OH is 1. The summed E-state index contributed by atoms with van der Waals surface area (Å²) in [6.45, 7) is 6.22. The first-order valence-corrected chi connectivity index (χ1v) is 9.25. The number of nitrogens with zero attached hydrogens (tertiary/aromatic N) is 3. The van der Waals surface area contributed by atoms with Gasteiger partial charge in [0.2, 0.25) is 0 Å². The van der Waals surface area contributed by atoms with E-state index in [1.54, 1.807) is 37.8 Å². The maximum absolute atomic E-state index is 12.7. The molecule has 0 aliphatic carbocycles. The van der Waals surface area contributed by atoms with Crippen molar-refractivity contribution >= 4 is 17.4 Å². The number of aryl methyl sites for hydroxylation is 2. The van der Waals surface area contributed by atoms with Gasteiger partial charge in [0.05, 0.1) is 29.5 Å². The highest BCUT2D eigenvalue weighted by atomic mass is 16.5. The van der Waals surface area contributed by atoms with Crippen molar-refractivity contribution in [3.05, 3.63) is 52.4 Å². The van der Waals surface area contributed by atoms with Gasteiger partial charge < -0.3 is 14.7 Å². The predicted octanol–water partition coefficient (Wildman–Crippen LogP) is 2.88. The lowest BCUT2D eigenvalue weighted by Crippen LogP contribution is -2.24. The first kappa shape index (κ1) is 19.7. The summed E-state index contributed by atoms with van der Waals surface area (Å²) in [5.41, 5.74) is 2.61. The van der Waals surface area contributed by atoms with Crippen molar-refractivity contribution in [1.29, 1.82) is 0 Å². The van der Waals surface area contributed by atoms with Gasteiger partial charge in [0, 0.05) is 19.8 Å². The van der Waals surface area contributed by atoms with Crippen LogP contribution in [0.4, 0.5) is 0 Å². The largest absolute Gasteiger partial charge is 0.507 e. The minimum Gasteiger partial charge on any atom is -0.507 e. The standard InChI is InChI=1S/C21H25N3O4/c1-6-11-28-15-9-7-14(8-10-15)18-17(20(26)21(27)23(18)4)19(25)16-12(2)22-24(5)13(16)3/h7-10,18,25H,6,11H2,1-5H3/b19-17+. The van der Waals surface area contributed by atoms with Crippen molar-refractivity contribution in [2.24, 2.45) is 7.05 Å². The van der Waals surface area contributed by atoms with Crippen molar-refractivity contribution < 1.29 is 19.4 Å². The van der Waals surface area contributed by atoms with Crippen LogP contribution < -0.4 is 4.74 Å². The smallest absolute Gasteiger partial charge is 0.295 e. The number of carbonyl (C=O) groups is 2. The Labute approximate surface area is 164 Å². The van der Waals surface area contributed by atoms with Gasteiger partial charge in [-0.15, -0.1) is 0 Å². The Morgan fingerprint density at radius 1 is 1.18 bits per heavy atom. The average Bonchev–Trinajstić information content (AvgIpc) is 3.06. The van der Waals surface area contributed by atoms with Gasteiger partial charge in [-0.05, 0) is 38.0 Å². The molecule has 2 heterocycles. The Balaban J connectivity index is 2.10. The summed E-state index contributed by atoms with van der Waals surface area (Å²) in [6, 6.07) is 6.57. The molecule has 1 saturated heterocycles. The summed E-state index contributed by atoms with van der Waals surface area (Å²) in [5, 5.41) is 15.3. The molecule has 1 unspecified atom stereocenters. The van der Waals surface area contributed by atoms with Crippen molar-refractivity contribution in [3.8, 4) is 5.75 Å². The third-order valence-electron chi connectivity index (χ3n) is 5.09. The lowest BCUT2D eigenvalue weighted by molar-refractivity contribution is -0.139. The molecule has 7 nitrogen and oxygen atoms in total. The summed E-state index contributed by atoms with van der Waals surface area (Å²) in [7, 11) is 3.33. The lowest BCUT2D eigenvalue weighted by Gasteiger charge is -2.21. The molecule has 0 bridgehead atoms. The monoisotopic (exact) mass is 383 g/mol. The van der Waals surface area contributed by atoms with Crippen LogP contribution in [0.2, 0.25) is 0 Å². The molecule has 1 aliphatic rings. The fourth-order valence-corrected chi connectivity index (χ4v) is 3.56. The fourth-order valence-electron chi connectivity index (χ4n) is 3.56. The molecule has 1 aliphatic heterocycles. The molecular formula is C21H25N3O4. The molecule has 0 spiro atoms. The van der Waals surface area contributed by atoms with Crippen LogP contribution >= 0.6 is 0 Å². The summed E-state index contributed by atoms with van der Waals surface area (Å²) in [5.74, 6) is -0.810. The van der Waals surface area contributed by atoms with Gasteiger partial charge in [-0.1, -0.05) is 19.1 Å². The number of Topliss-reactive ketones (excluding diaryl/α,β-unsaturated/α-hetero) is 1. The summed E-state index contributed by atoms with van der Waals surface area (Å²) in [6.07, 6.45) is 0.903. The first-order chi connectivity index (χ1) is 13.3. The average molecular weight is 383 g/mol. The molecule has 28 heavy (non-hydrogen) atoms. The summed E-state index contributed by atoms with van der Waals surface area (Å²) in [4.78, 5) is 26.5. The molecule has 1 aromatic heterocycles. The summed E-state index contributed by atoms with van der Waals surface area (Å²) >= 11 is 0. The number of carbonyl (C=O) groups excluding carboxylic acids is 2. The first-order valence-electron chi connectivity index (χ1n) is 9.25. The van der Waals surface area contributed by atoms with E-state index in [0.717, 1.165) is 23.4 Å². The quantitative estimate of drug-likeness (QED) is 0.488. The number of aliphatic hydroxyl groups is 1. The van der Waals surface area contributed by atoms with Gasteiger partial charge in [0.1, 0.15) is 11.5 Å². The van der Waals surface area contributed by atoms with Crippen LogP contribution in [0.1, 0.15) is 41.9 Å². The number of hydrogen-bond donors (Lipinski definition) is 1. The third-order valence-corrected chi connectivity index (χ3v) is 5.09. The molecule has 1 atom stereocenters. The minimum absolute atomic E-state index is 0.0777. The van der Waals surface area contributed by atoms with Crippen LogP contribution in [-0.2, 0) is 16.6 Å². The molecule has 0 radical (unpaired) electrons. The van der Waals surface area contributed by atoms with Crippen LogP contribution in [0.25, 0.3) is 5.76 Å². The van der Waals surface area contributed by atoms with E-state index in [2.05, 4.69) is 5.10 Å². The lowest BCUT2D eigenvalue weighted by atomic mass is 9.95. The summed E-state index contributed by atoms with van der Waals surface area (Å²) < 4.78 is 7.24. The van der Waals surface area contributed by atoms with Gasteiger partial charge in [-0.3, -0.25) is 14.3 Å². The van der Waals surface area contributed by atoms with Crippen molar-refractivity contribution in [2.45, 2.75) is 33.2 Å². The molecule has 7 heteroatoms. The van der Waals surface area contributed by atoms with E-state index in [4.69, 9.17) is 4.74 Å². The van der Waals surface area contributed by atoms with Crippen LogP contribution in [0.5, 0.6) is 5.75 Å². The molecule has 1 aromatic carbocycles. The van der Waals surface area contributed by atoms with E-state index in [9.17, 15) is 14.7 Å². The number of amides is 1. The van der Waals surface area contributed by atoms with Gasteiger partial charge >= 0.3 is 0 Å². The number of hydrogen-bond acceptors (Lipinski definition) is 5. The zero-order valence-corrected chi connectivity index (χ0v) is 16.8. The zero-order valence-electron chi connectivity index (χ0n) is 16.8. The maximum atomic E-state index is 12.7. The Morgan fingerprint density at radius 3 is 2.36 bits per heavy atom. The molecule has 1 amide bonds. The highest BCUT2D eigenvalue weighted by molar-refractivity contribution is 6.46. The highest BCUT2D eigenvalue weighted by Gasteiger charge is 2.44. The Kier molecular flexibility index (Phi) is 5.27. The Morgan fingerprint density at radius 2 is 1.82 bits per heavy atom. The van der Waals surface area contributed by atoms with Gasteiger partial charge in [-0.25, -0.2) is 0 Å². The van der Waals surface area contributed by atoms with Crippen LogP contribution in [-0.4, -0.2) is 45.1 Å². The van der Waals surface area contributed by atoms with Crippen molar-refractivity contribution in [3.63, 3.8) is 0 Å². The second-order valence-corrected chi connectivity index (χ2v) is 7.00. The molecule has 1 fully saturated rings. The van der Waals surface area contributed by atoms with Gasteiger partial charge in [0.15, 0.2) is 0 Å². The number of likely N-dealkylation sites (tertiary alicyclic amines) is 1. The number of ether oxygens (including phenoxy) is 1. The molecule has 3 rings (SSSR count). The van der Waals surface area contributed by atoms with Crippen LogP contribution in [0.3, 0.4) is 0 Å². The van der Waals surface area contributed by atoms with E-state index < -0.39 is 17.7 Å².